The highest BCUT2D eigenvalue weighted by Crippen LogP contribution is 2.25. The molecule has 0 bridgehead atoms. The second-order valence-corrected chi connectivity index (χ2v) is 5.78. The Morgan fingerprint density at radius 2 is 1.81 bits per heavy atom. The number of nitrogens with one attached hydrogen (secondary N) is 1. The van der Waals surface area contributed by atoms with Gasteiger partial charge in [-0.1, -0.05) is 48.5 Å². The first kappa shape index (κ1) is 13.8. The number of carbonyl (C=O) groups is 1. The van der Waals surface area contributed by atoms with Crippen LogP contribution in [0.5, 0.6) is 0 Å². The van der Waals surface area contributed by atoms with Crippen molar-refractivity contribution in [2.24, 2.45) is 5.73 Å². The van der Waals surface area contributed by atoms with Gasteiger partial charge in [0.15, 0.2) is 0 Å². The largest absolute Gasteiger partial charge is 0.350 e. The zero-order valence-electron chi connectivity index (χ0n) is 11.5. The van der Waals surface area contributed by atoms with Gasteiger partial charge in [-0.15, -0.1) is 11.3 Å². The molecule has 0 saturated heterocycles. The number of hydrogen-bond donors (Lipinski definition) is 2. The highest BCUT2D eigenvalue weighted by atomic mass is 32.1. The van der Waals surface area contributed by atoms with Gasteiger partial charge in [-0.3, -0.25) is 4.79 Å². The molecule has 1 heterocycles. The van der Waals surface area contributed by atoms with Gasteiger partial charge in [0.05, 0.1) is 5.56 Å². The molecule has 0 spiro atoms. The van der Waals surface area contributed by atoms with Crippen molar-refractivity contribution >= 4 is 27.3 Å². The predicted octanol–water partition coefficient (Wildman–Crippen LogP) is 3.33. The van der Waals surface area contributed by atoms with Crippen LogP contribution in [0.2, 0.25) is 0 Å². The molecule has 0 fully saturated rings. The Kier molecular flexibility index (Phi) is 3.99. The number of hydrogen-bond acceptors (Lipinski definition) is 3. The molecule has 0 aliphatic rings. The zero-order chi connectivity index (χ0) is 14.7. The van der Waals surface area contributed by atoms with E-state index in [1.54, 1.807) is 11.3 Å². The smallest absolute Gasteiger partial charge is 0.252 e. The van der Waals surface area contributed by atoms with Gasteiger partial charge in [0.25, 0.3) is 5.91 Å². The number of rotatable bonds is 4. The van der Waals surface area contributed by atoms with Gasteiger partial charge in [-0.25, -0.2) is 0 Å². The lowest BCUT2D eigenvalue weighted by atomic mass is 10.1. The molecule has 0 radical (unpaired) electrons. The average Bonchev–Trinajstić information content (AvgIpc) is 2.97. The molecule has 1 unspecified atom stereocenters. The molecule has 3 nitrogen and oxygen atoms in total. The molecule has 2 aromatic carbocycles. The van der Waals surface area contributed by atoms with Crippen LogP contribution in [0.25, 0.3) is 10.1 Å². The van der Waals surface area contributed by atoms with E-state index < -0.39 is 0 Å². The minimum atomic E-state index is -0.194. The third kappa shape index (κ3) is 2.96. The number of carbonyl (C=O) groups excluding carboxylic acids is 1. The van der Waals surface area contributed by atoms with Crippen molar-refractivity contribution in [1.82, 2.24) is 5.32 Å². The molecule has 21 heavy (non-hydrogen) atoms. The summed E-state index contributed by atoms with van der Waals surface area (Å²) >= 11 is 1.58. The van der Waals surface area contributed by atoms with E-state index in [4.69, 9.17) is 5.73 Å². The Balaban J connectivity index is 1.70. The lowest BCUT2D eigenvalue weighted by molar-refractivity contribution is 0.0953. The van der Waals surface area contributed by atoms with E-state index in [2.05, 4.69) is 5.32 Å². The van der Waals surface area contributed by atoms with Crippen molar-refractivity contribution in [2.75, 3.05) is 6.54 Å². The second-order valence-electron chi connectivity index (χ2n) is 4.87. The standard InChI is InChI=1S/C17H16N2OS/c18-15(12-6-2-1-3-7-12)10-19-17(20)14-11-21-16-9-5-4-8-13(14)16/h1-9,11,15H,10,18H2,(H,19,20). The van der Waals surface area contributed by atoms with Crippen molar-refractivity contribution in [1.29, 1.82) is 0 Å². The molecule has 1 amide bonds. The maximum absolute atomic E-state index is 12.3. The summed E-state index contributed by atoms with van der Waals surface area (Å²) in [5, 5.41) is 5.81. The molecule has 1 atom stereocenters. The minimum Gasteiger partial charge on any atom is -0.350 e. The van der Waals surface area contributed by atoms with Crippen LogP contribution in [0.3, 0.4) is 0 Å². The Morgan fingerprint density at radius 1 is 1.10 bits per heavy atom. The van der Waals surface area contributed by atoms with E-state index in [-0.39, 0.29) is 11.9 Å². The molecule has 106 valence electrons. The van der Waals surface area contributed by atoms with Crippen LogP contribution in [0.4, 0.5) is 0 Å². The van der Waals surface area contributed by atoms with Crippen molar-refractivity contribution in [3.63, 3.8) is 0 Å². The first-order valence-electron chi connectivity index (χ1n) is 6.80. The molecule has 0 aliphatic carbocycles. The van der Waals surface area contributed by atoms with Crippen LogP contribution in [-0.4, -0.2) is 12.5 Å². The summed E-state index contributed by atoms with van der Waals surface area (Å²) in [6.07, 6.45) is 0. The molecule has 3 rings (SSSR count). The topological polar surface area (TPSA) is 55.1 Å². The maximum atomic E-state index is 12.3. The van der Waals surface area contributed by atoms with Crippen LogP contribution in [0.1, 0.15) is 22.0 Å². The van der Waals surface area contributed by atoms with E-state index in [1.165, 1.54) is 0 Å². The maximum Gasteiger partial charge on any atom is 0.252 e. The molecule has 3 aromatic rings. The van der Waals surface area contributed by atoms with Gasteiger partial charge in [-0.05, 0) is 11.6 Å². The fourth-order valence-electron chi connectivity index (χ4n) is 2.27. The summed E-state index contributed by atoms with van der Waals surface area (Å²) in [6, 6.07) is 17.5. The molecular formula is C17H16N2OS. The van der Waals surface area contributed by atoms with Gasteiger partial charge in [0, 0.05) is 28.1 Å². The summed E-state index contributed by atoms with van der Waals surface area (Å²) in [5.41, 5.74) is 7.84. The number of fused-ring (bicyclic) bond motifs is 1. The van der Waals surface area contributed by atoms with Crippen LogP contribution in [0.15, 0.2) is 60.0 Å². The number of amides is 1. The van der Waals surface area contributed by atoms with Gasteiger partial charge in [0.1, 0.15) is 0 Å². The number of nitrogens with two attached hydrogens (primary N) is 1. The second kappa shape index (κ2) is 6.08. The monoisotopic (exact) mass is 296 g/mol. The molecular weight excluding hydrogens is 280 g/mol. The fourth-order valence-corrected chi connectivity index (χ4v) is 3.21. The van der Waals surface area contributed by atoms with Crippen molar-refractivity contribution in [2.45, 2.75) is 6.04 Å². The third-order valence-electron chi connectivity index (χ3n) is 3.44. The lowest BCUT2D eigenvalue weighted by Crippen LogP contribution is -2.31. The van der Waals surface area contributed by atoms with Gasteiger partial charge < -0.3 is 11.1 Å². The molecule has 0 saturated carbocycles. The zero-order valence-corrected chi connectivity index (χ0v) is 12.3. The van der Waals surface area contributed by atoms with E-state index >= 15 is 0 Å². The highest BCUT2D eigenvalue weighted by Gasteiger charge is 2.13. The summed E-state index contributed by atoms with van der Waals surface area (Å²) in [7, 11) is 0. The average molecular weight is 296 g/mol. The number of thiophene rings is 1. The molecule has 0 aliphatic heterocycles. The third-order valence-corrected chi connectivity index (χ3v) is 4.40. The number of benzene rings is 2. The molecule has 1 aromatic heterocycles. The van der Waals surface area contributed by atoms with Crippen LogP contribution in [0, 0.1) is 0 Å². The Hall–Kier alpha value is -2.17. The van der Waals surface area contributed by atoms with E-state index in [9.17, 15) is 4.79 Å². The van der Waals surface area contributed by atoms with Crippen LogP contribution >= 0.6 is 11.3 Å². The normalized spacial score (nSPS) is 12.2. The van der Waals surface area contributed by atoms with E-state index in [0.29, 0.717) is 6.54 Å². The highest BCUT2D eigenvalue weighted by molar-refractivity contribution is 7.17. The fraction of sp³-hybridized carbons (Fsp3) is 0.118. The van der Waals surface area contributed by atoms with E-state index in [0.717, 1.165) is 21.2 Å². The minimum absolute atomic E-state index is 0.0705. The van der Waals surface area contributed by atoms with Crippen LogP contribution < -0.4 is 11.1 Å². The van der Waals surface area contributed by atoms with Gasteiger partial charge >= 0.3 is 0 Å². The summed E-state index contributed by atoms with van der Waals surface area (Å²) in [5.74, 6) is -0.0705. The SMILES string of the molecule is NC(CNC(=O)c1csc2ccccc12)c1ccccc1. The lowest BCUT2D eigenvalue weighted by Gasteiger charge is -2.12. The predicted molar refractivity (Wildman–Crippen MR) is 87.5 cm³/mol. The molecule has 4 heteroatoms. The van der Waals surface area contributed by atoms with Crippen molar-refractivity contribution in [3.05, 3.63) is 71.1 Å². The Bertz CT molecular complexity index is 752. The van der Waals surface area contributed by atoms with Crippen LogP contribution in [-0.2, 0) is 0 Å². The summed E-state index contributed by atoms with van der Waals surface area (Å²) in [6.45, 7) is 0.424. The Labute approximate surface area is 127 Å². The Morgan fingerprint density at radius 3 is 2.62 bits per heavy atom. The van der Waals surface area contributed by atoms with Gasteiger partial charge in [0.2, 0.25) is 0 Å². The summed E-state index contributed by atoms with van der Waals surface area (Å²) in [4.78, 5) is 12.3. The first-order chi connectivity index (χ1) is 10.3. The first-order valence-corrected chi connectivity index (χ1v) is 7.68. The van der Waals surface area contributed by atoms with Crippen molar-refractivity contribution < 1.29 is 4.79 Å². The molecule has 3 N–H and O–H groups in total. The van der Waals surface area contributed by atoms with Crippen molar-refractivity contribution in [3.8, 4) is 0 Å². The van der Waals surface area contributed by atoms with E-state index in [1.807, 2.05) is 60.0 Å². The van der Waals surface area contributed by atoms with Gasteiger partial charge in [-0.2, -0.15) is 0 Å². The quantitative estimate of drug-likeness (QED) is 0.776. The summed E-state index contributed by atoms with van der Waals surface area (Å²) < 4.78 is 1.12.